The molecule has 0 bridgehead atoms. The lowest BCUT2D eigenvalue weighted by Crippen LogP contribution is -2.31. The molecular weight excluding hydrogens is 250 g/mol. The van der Waals surface area contributed by atoms with Crippen LogP contribution in [0.2, 0.25) is 0 Å². The summed E-state index contributed by atoms with van der Waals surface area (Å²) in [5.41, 5.74) is 0.871. The van der Waals surface area contributed by atoms with E-state index in [2.05, 4.69) is 10.1 Å². The standard InChI is InChI=1S/C12H15N3O4/c1-19-12(16)14-7-6-10(8-14)13-9-2-4-11(5-3-9)15(17)18/h2-5,10,13H,6-8H2,1H3. The second kappa shape index (κ2) is 5.55. The first-order valence-corrected chi connectivity index (χ1v) is 5.94. The van der Waals surface area contributed by atoms with Gasteiger partial charge in [-0.3, -0.25) is 10.1 Å². The van der Waals surface area contributed by atoms with Crippen LogP contribution in [0.15, 0.2) is 24.3 Å². The second-order valence-electron chi connectivity index (χ2n) is 4.35. The number of anilines is 1. The number of likely N-dealkylation sites (tertiary alicyclic amines) is 1. The van der Waals surface area contributed by atoms with E-state index < -0.39 is 4.92 Å². The van der Waals surface area contributed by atoms with E-state index in [1.807, 2.05) is 0 Å². The third kappa shape index (κ3) is 3.12. The Kier molecular flexibility index (Phi) is 3.84. The molecule has 1 N–H and O–H groups in total. The molecule has 1 aliphatic rings. The molecule has 1 heterocycles. The fourth-order valence-corrected chi connectivity index (χ4v) is 2.09. The maximum atomic E-state index is 11.3. The van der Waals surface area contributed by atoms with Crippen molar-refractivity contribution in [2.24, 2.45) is 0 Å². The minimum atomic E-state index is -0.432. The largest absolute Gasteiger partial charge is 0.453 e. The van der Waals surface area contributed by atoms with Gasteiger partial charge in [0.25, 0.3) is 5.69 Å². The van der Waals surface area contributed by atoms with Crippen LogP contribution in [-0.2, 0) is 4.74 Å². The molecule has 0 aromatic heterocycles. The van der Waals surface area contributed by atoms with E-state index in [9.17, 15) is 14.9 Å². The average Bonchev–Trinajstić information content (AvgIpc) is 2.87. The smallest absolute Gasteiger partial charge is 0.409 e. The van der Waals surface area contributed by atoms with Crippen molar-refractivity contribution in [1.82, 2.24) is 4.90 Å². The van der Waals surface area contributed by atoms with Crippen molar-refractivity contribution in [2.75, 3.05) is 25.5 Å². The third-order valence-corrected chi connectivity index (χ3v) is 3.07. The first-order chi connectivity index (χ1) is 9.10. The van der Waals surface area contributed by atoms with Crippen LogP contribution in [0.4, 0.5) is 16.2 Å². The summed E-state index contributed by atoms with van der Waals surface area (Å²) < 4.78 is 4.66. The fourth-order valence-electron chi connectivity index (χ4n) is 2.09. The summed E-state index contributed by atoms with van der Waals surface area (Å²) in [6.07, 6.45) is 0.500. The summed E-state index contributed by atoms with van der Waals surface area (Å²) >= 11 is 0. The summed E-state index contributed by atoms with van der Waals surface area (Å²) in [6.45, 7) is 1.22. The number of amides is 1. The average molecular weight is 265 g/mol. The number of carbonyl (C=O) groups is 1. The highest BCUT2D eigenvalue weighted by Gasteiger charge is 2.26. The van der Waals surface area contributed by atoms with Crippen LogP contribution in [0.5, 0.6) is 0 Å². The molecule has 1 aliphatic heterocycles. The number of hydrogen-bond acceptors (Lipinski definition) is 5. The van der Waals surface area contributed by atoms with Crippen LogP contribution < -0.4 is 5.32 Å². The number of non-ortho nitro benzene ring substituents is 1. The van der Waals surface area contributed by atoms with Gasteiger partial charge in [0.1, 0.15) is 0 Å². The number of rotatable bonds is 3. The number of nitrogens with zero attached hydrogens (tertiary/aromatic N) is 2. The van der Waals surface area contributed by atoms with Gasteiger partial charge in [-0.05, 0) is 18.6 Å². The number of hydrogen-bond donors (Lipinski definition) is 1. The van der Waals surface area contributed by atoms with E-state index in [1.165, 1.54) is 19.2 Å². The van der Waals surface area contributed by atoms with Crippen molar-refractivity contribution in [1.29, 1.82) is 0 Å². The monoisotopic (exact) mass is 265 g/mol. The number of ether oxygens (including phenoxy) is 1. The van der Waals surface area contributed by atoms with E-state index >= 15 is 0 Å². The Labute approximate surface area is 110 Å². The molecule has 19 heavy (non-hydrogen) atoms. The number of nitro benzene ring substituents is 1. The van der Waals surface area contributed by atoms with Crippen LogP contribution in [0.3, 0.4) is 0 Å². The van der Waals surface area contributed by atoms with Gasteiger partial charge in [-0.1, -0.05) is 0 Å². The molecule has 2 rings (SSSR count). The van der Waals surface area contributed by atoms with E-state index in [-0.39, 0.29) is 17.8 Å². The summed E-state index contributed by atoms with van der Waals surface area (Å²) in [4.78, 5) is 23.1. The molecule has 0 aliphatic carbocycles. The first kappa shape index (κ1) is 13.1. The topological polar surface area (TPSA) is 84.7 Å². The molecule has 1 aromatic rings. The summed E-state index contributed by atoms with van der Waals surface area (Å²) in [5, 5.41) is 13.8. The summed E-state index contributed by atoms with van der Waals surface area (Å²) in [5.74, 6) is 0. The molecule has 1 saturated heterocycles. The maximum Gasteiger partial charge on any atom is 0.409 e. The van der Waals surface area contributed by atoms with Crippen LogP contribution in [0, 0.1) is 10.1 Å². The van der Waals surface area contributed by atoms with Crippen molar-refractivity contribution in [2.45, 2.75) is 12.5 Å². The van der Waals surface area contributed by atoms with Crippen LogP contribution in [0.25, 0.3) is 0 Å². The number of nitro groups is 1. The van der Waals surface area contributed by atoms with Gasteiger partial charge in [-0.25, -0.2) is 4.79 Å². The van der Waals surface area contributed by atoms with Gasteiger partial charge in [-0.15, -0.1) is 0 Å². The summed E-state index contributed by atoms with van der Waals surface area (Å²) in [7, 11) is 1.36. The maximum absolute atomic E-state index is 11.3. The van der Waals surface area contributed by atoms with Gasteiger partial charge in [0, 0.05) is 37.0 Å². The molecule has 0 spiro atoms. The van der Waals surface area contributed by atoms with Crippen LogP contribution in [-0.4, -0.2) is 42.2 Å². The van der Waals surface area contributed by atoms with Crippen molar-refractivity contribution in [3.8, 4) is 0 Å². The highest BCUT2D eigenvalue weighted by molar-refractivity contribution is 5.68. The summed E-state index contributed by atoms with van der Waals surface area (Å²) in [6, 6.07) is 6.38. The number of carbonyl (C=O) groups excluding carboxylic acids is 1. The Hall–Kier alpha value is -2.31. The molecule has 1 amide bonds. The molecule has 1 aromatic carbocycles. The molecule has 1 atom stereocenters. The van der Waals surface area contributed by atoms with Crippen LogP contribution >= 0.6 is 0 Å². The highest BCUT2D eigenvalue weighted by Crippen LogP contribution is 2.19. The lowest BCUT2D eigenvalue weighted by atomic mass is 10.2. The number of nitrogens with one attached hydrogen (secondary N) is 1. The highest BCUT2D eigenvalue weighted by atomic mass is 16.6. The Balaban J connectivity index is 1.92. The minimum absolute atomic E-state index is 0.0631. The van der Waals surface area contributed by atoms with E-state index in [4.69, 9.17) is 0 Å². The molecule has 0 saturated carbocycles. The fraction of sp³-hybridized carbons (Fsp3) is 0.417. The molecular formula is C12H15N3O4. The molecule has 0 radical (unpaired) electrons. The minimum Gasteiger partial charge on any atom is -0.453 e. The zero-order chi connectivity index (χ0) is 13.8. The molecule has 7 nitrogen and oxygen atoms in total. The third-order valence-electron chi connectivity index (χ3n) is 3.07. The zero-order valence-corrected chi connectivity index (χ0v) is 10.5. The van der Waals surface area contributed by atoms with Gasteiger partial charge in [0.05, 0.1) is 12.0 Å². The normalized spacial score (nSPS) is 18.2. The number of methoxy groups -OCH3 is 1. The second-order valence-corrected chi connectivity index (χ2v) is 4.35. The van der Waals surface area contributed by atoms with Gasteiger partial charge in [0.2, 0.25) is 0 Å². The molecule has 7 heteroatoms. The lowest BCUT2D eigenvalue weighted by molar-refractivity contribution is -0.384. The molecule has 102 valence electrons. The van der Waals surface area contributed by atoms with Crippen molar-refractivity contribution in [3.05, 3.63) is 34.4 Å². The van der Waals surface area contributed by atoms with E-state index in [0.29, 0.717) is 13.1 Å². The molecule has 1 fully saturated rings. The van der Waals surface area contributed by atoms with E-state index in [1.54, 1.807) is 17.0 Å². The Morgan fingerprint density at radius 2 is 2.16 bits per heavy atom. The van der Waals surface area contributed by atoms with Crippen molar-refractivity contribution in [3.63, 3.8) is 0 Å². The Morgan fingerprint density at radius 3 is 2.74 bits per heavy atom. The predicted octanol–water partition coefficient (Wildman–Crippen LogP) is 1.85. The van der Waals surface area contributed by atoms with Gasteiger partial charge < -0.3 is 15.0 Å². The Bertz CT molecular complexity index is 474. The number of benzene rings is 1. The van der Waals surface area contributed by atoms with E-state index in [0.717, 1.165) is 12.1 Å². The first-order valence-electron chi connectivity index (χ1n) is 5.94. The zero-order valence-electron chi connectivity index (χ0n) is 10.5. The van der Waals surface area contributed by atoms with Crippen LogP contribution in [0.1, 0.15) is 6.42 Å². The Morgan fingerprint density at radius 1 is 1.47 bits per heavy atom. The quantitative estimate of drug-likeness (QED) is 0.666. The molecule has 1 unspecified atom stereocenters. The van der Waals surface area contributed by atoms with Gasteiger partial charge in [0.15, 0.2) is 0 Å². The lowest BCUT2D eigenvalue weighted by Gasteiger charge is -2.16. The van der Waals surface area contributed by atoms with Crippen molar-refractivity contribution >= 4 is 17.5 Å². The van der Waals surface area contributed by atoms with Gasteiger partial charge in [-0.2, -0.15) is 0 Å². The van der Waals surface area contributed by atoms with Crippen molar-refractivity contribution < 1.29 is 14.5 Å². The SMILES string of the molecule is COC(=O)N1CCC(Nc2ccc([N+](=O)[O-])cc2)C1. The van der Waals surface area contributed by atoms with Gasteiger partial charge >= 0.3 is 6.09 Å². The predicted molar refractivity (Wildman–Crippen MR) is 69.1 cm³/mol.